The molecular weight excluding hydrogens is 542 g/mol. The third-order valence-corrected chi connectivity index (χ3v) is 8.40. The number of rotatable bonds is 6. The molecule has 0 unspecified atom stereocenters. The number of aryl methyl sites for hydroxylation is 1. The highest BCUT2D eigenvalue weighted by Gasteiger charge is 2.29. The van der Waals surface area contributed by atoms with Crippen molar-refractivity contribution >= 4 is 29.1 Å². The highest BCUT2D eigenvalue weighted by atomic mass is 16.3. The van der Waals surface area contributed by atoms with Gasteiger partial charge in [0.15, 0.2) is 0 Å². The molecule has 0 atom stereocenters. The molecule has 3 aromatic carbocycles. The van der Waals surface area contributed by atoms with Gasteiger partial charge in [0.25, 0.3) is 5.91 Å². The lowest BCUT2D eigenvalue weighted by molar-refractivity contribution is 0.0985. The number of carbonyl (C=O) groups excluding carboxylic acids is 2. The van der Waals surface area contributed by atoms with Gasteiger partial charge in [-0.1, -0.05) is 42.5 Å². The number of nitrogens with one attached hydrogen (secondary N) is 2. The highest BCUT2D eigenvalue weighted by molar-refractivity contribution is 6.08. The first-order chi connectivity index (χ1) is 20.9. The van der Waals surface area contributed by atoms with Crippen LogP contribution < -0.4 is 15.1 Å². The monoisotopic (exact) mass is 579 g/mol. The van der Waals surface area contributed by atoms with E-state index >= 15 is 0 Å². The SMILES string of the molecule is Cc1cc(C(=O)N2Cc3cn[nH]c3N(C)c3ccccc32)ccc1CNC(=O)N1CCN(Cc2cccc(CO)c2)CC1. The molecule has 0 saturated carbocycles. The number of aliphatic hydroxyl groups excluding tert-OH is 1. The number of H-pyrrole nitrogens is 1. The third kappa shape index (κ3) is 5.97. The van der Waals surface area contributed by atoms with Crippen molar-refractivity contribution in [1.82, 2.24) is 25.3 Å². The summed E-state index contributed by atoms with van der Waals surface area (Å²) < 4.78 is 0. The van der Waals surface area contributed by atoms with Gasteiger partial charge >= 0.3 is 6.03 Å². The van der Waals surface area contributed by atoms with E-state index in [9.17, 15) is 14.7 Å². The maximum Gasteiger partial charge on any atom is 0.317 e. The predicted molar refractivity (Wildman–Crippen MR) is 166 cm³/mol. The summed E-state index contributed by atoms with van der Waals surface area (Å²) in [5, 5.41) is 19.7. The highest BCUT2D eigenvalue weighted by Crippen LogP contribution is 2.39. The number of fused-ring (bicyclic) bond motifs is 2. The van der Waals surface area contributed by atoms with E-state index < -0.39 is 0 Å². The Hall–Kier alpha value is -4.67. The minimum absolute atomic E-state index is 0.0396. The Morgan fingerprint density at radius 1 is 0.953 bits per heavy atom. The molecule has 1 aromatic heterocycles. The van der Waals surface area contributed by atoms with E-state index in [0.717, 1.165) is 59.1 Å². The maximum absolute atomic E-state index is 13.8. The third-order valence-electron chi connectivity index (χ3n) is 8.40. The Kier molecular flexibility index (Phi) is 8.13. The molecule has 6 rings (SSSR count). The zero-order chi connectivity index (χ0) is 29.9. The number of urea groups is 1. The summed E-state index contributed by atoms with van der Waals surface area (Å²) in [4.78, 5) is 34.8. The molecule has 0 radical (unpaired) electrons. The van der Waals surface area contributed by atoms with Gasteiger partial charge in [0.1, 0.15) is 5.82 Å². The molecule has 0 spiro atoms. The van der Waals surface area contributed by atoms with Crippen LogP contribution in [-0.2, 0) is 26.2 Å². The Morgan fingerprint density at radius 2 is 1.72 bits per heavy atom. The number of hydrogen-bond acceptors (Lipinski definition) is 6. The Balaban J connectivity index is 1.07. The number of aliphatic hydroxyl groups is 1. The number of piperazine rings is 1. The largest absolute Gasteiger partial charge is 0.392 e. The summed E-state index contributed by atoms with van der Waals surface area (Å²) in [6.45, 7) is 6.51. The normalized spacial score (nSPS) is 15.1. The molecule has 3 amide bonds. The minimum Gasteiger partial charge on any atom is -0.392 e. The molecule has 2 aliphatic rings. The topological polar surface area (TPSA) is 108 Å². The molecule has 4 aromatic rings. The van der Waals surface area contributed by atoms with Crippen molar-refractivity contribution in [3.05, 3.63) is 106 Å². The van der Waals surface area contributed by atoms with Gasteiger partial charge in [0, 0.05) is 57.4 Å². The van der Waals surface area contributed by atoms with Crippen LogP contribution in [-0.4, -0.2) is 70.3 Å². The molecular formula is C33H37N7O3. The zero-order valence-electron chi connectivity index (χ0n) is 24.6. The number of aromatic nitrogens is 2. The summed E-state index contributed by atoms with van der Waals surface area (Å²) in [5.41, 5.74) is 7.30. The molecule has 3 heterocycles. The number of anilines is 3. The number of amides is 3. The number of para-hydroxylation sites is 2. The second kappa shape index (κ2) is 12.3. The predicted octanol–water partition coefficient (Wildman–Crippen LogP) is 4.17. The van der Waals surface area contributed by atoms with Crippen LogP contribution >= 0.6 is 0 Å². The first kappa shape index (κ1) is 28.4. The quantitative estimate of drug-likeness (QED) is 0.317. The summed E-state index contributed by atoms with van der Waals surface area (Å²) in [5.74, 6) is 0.786. The van der Waals surface area contributed by atoms with E-state index in [1.807, 2.05) is 84.4 Å². The Bertz CT molecular complexity index is 1630. The lowest BCUT2D eigenvalue weighted by Gasteiger charge is -2.34. The van der Waals surface area contributed by atoms with E-state index in [0.29, 0.717) is 31.7 Å². The first-order valence-corrected chi connectivity index (χ1v) is 14.6. The van der Waals surface area contributed by atoms with E-state index in [1.165, 1.54) is 5.56 Å². The smallest absolute Gasteiger partial charge is 0.317 e. The summed E-state index contributed by atoms with van der Waals surface area (Å²) in [6, 6.07) is 21.5. The maximum atomic E-state index is 13.8. The Labute approximate surface area is 251 Å². The zero-order valence-corrected chi connectivity index (χ0v) is 24.6. The van der Waals surface area contributed by atoms with Crippen molar-refractivity contribution in [2.45, 2.75) is 33.2 Å². The van der Waals surface area contributed by atoms with Gasteiger partial charge in [-0.25, -0.2) is 4.79 Å². The van der Waals surface area contributed by atoms with Gasteiger partial charge in [-0.05, 0) is 53.4 Å². The van der Waals surface area contributed by atoms with Crippen LogP contribution in [0.3, 0.4) is 0 Å². The fourth-order valence-electron chi connectivity index (χ4n) is 5.90. The molecule has 0 aliphatic carbocycles. The van der Waals surface area contributed by atoms with Crippen LogP contribution in [0.5, 0.6) is 0 Å². The van der Waals surface area contributed by atoms with Gasteiger partial charge < -0.3 is 25.1 Å². The van der Waals surface area contributed by atoms with E-state index in [4.69, 9.17) is 0 Å². The molecule has 10 nitrogen and oxygen atoms in total. The molecule has 1 fully saturated rings. The summed E-state index contributed by atoms with van der Waals surface area (Å²) >= 11 is 0. The molecule has 0 bridgehead atoms. The molecule has 1 saturated heterocycles. The van der Waals surface area contributed by atoms with E-state index in [-0.39, 0.29) is 18.5 Å². The lowest BCUT2D eigenvalue weighted by atomic mass is 10.0. The van der Waals surface area contributed by atoms with Crippen LogP contribution in [0.4, 0.5) is 22.0 Å². The summed E-state index contributed by atoms with van der Waals surface area (Å²) in [7, 11) is 1.97. The summed E-state index contributed by atoms with van der Waals surface area (Å²) in [6.07, 6.45) is 1.77. The fourth-order valence-corrected chi connectivity index (χ4v) is 5.90. The standard InChI is InChI=1S/C33H37N7O3/c1-23-16-26(32(42)40-21-28-19-35-36-31(28)37(2)29-8-3-4-9-30(29)40)10-11-27(23)18-34-33(43)39-14-12-38(13-15-39)20-24-6-5-7-25(17-24)22-41/h3-11,16-17,19,41H,12-15,18,20-22H2,1-2H3,(H,34,43)(H,35,36). The Morgan fingerprint density at radius 3 is 2.49 bits per heavy atom. The van der Waals surface area contributed by atoms with Crippen LogP contribution in [0.1, 0.15) is 38.2 Å². The van der Waals surface area contributed by atoms with Crippen molar-refractivity contribution in [2.75, 3.05) is 43.0 Å². The van der Waals surface area contributed by atoms with Crippen molar-refractivity contribution in [3.63, 3.8) is 0 Å². The fraction of sp³-hybridized carbons (Fsp3) is 0.303. The molecule has 2 aliphatic heterocycles. The number of carbonyl (C=O) groups is 2. The van der Waals surface area contributed by atoms with Crippen LogP contribution in [0.25, 0.3) is 0 Å². The molecule has 10 heteroatoms. The van der Waals surface area contributed by atoms with Gasteiger partial charge in [0.05, 0.1) is 30.7 Å². The van der Waals surface area contributed by atoms with Crippen LogP contribution in [0.2, 0.25) is 0 Å². The number of aromatic amines is 1. The number of nitrogens with zero attached hydrogens (tertiary/aromatic N) is 5. The van der Waals surface area contributed by atoms with Gasteiger partial charge in [-0.15, -0.1) is 0 Å². The number of benzene rings is 3. The first-order valence-electron chi connectivity index (χ1n) is 14.6. The second-order valence-corrected chi connectivity index (χ2v) is 11.2. The van der Waals surface area contributed by atoms with Crippen LogP contribution in [0.15, 0.2) is 72.9 Å². The molecule has 3 N–H and O–H groups in total. The second-order valence-electron chi connectivity index (χ2n) is 11.2. The minimum atomic E-state index is -0.0884. The van der Waals surface area contributed by atoms with Gasteiger partial charge in [-0.2, -0.15) is 5.10 Å². The van der Waals surface area contributed by atoms with Crippen LogP contribution in [0, 0.1) is 6.92 Å². The van der Waals surface area contributed by atoms with Crippen molar-refractivity contribution in [1.29, 1.82) is 0 Å². The van der Waals surface area contributed by atoms with E-state index in [2.05, 4.69) is 26.5 Å². The molecule has 222 valence electrons. The van der Waals surface area contributed by atoms with Gasteiger partial charge in [-0.3, -0.25) is 14.8 Å². The van der Waals surface area contributed by atoms with Crippen molar-refractivity contribution in [2.24, 2.45) is 0 Å². The average molecular weight is 580 g/mol. The lowest BCUT2D eigenvalue weighted by Crippen LogP contribution is -2.51. The van der Waals surface area contributed by atoms with Crippen molar-refractivity contribution in [3.8, 4) is 0 Å². The number of hydrogen-bond donors (Lipinski definition) is 3. The average Bonchev–Trinajstić information content (AvgIpc) is 3.47. The van der Waals surface area contributed by atoms with E-state index in [1.54, 1.807) is 11.1 Å². The van der Waals surface area contributed by atoms with Crippen molar-refractivity contribution < 1.29 is 14.7 Å². The molecule has 43 heavy (non-hydrogen) atoms. The van der Waals surface area contributed by atoms with Gasteiger partial charge in [0.2, 0.25) is 0 Å².